The molecule has 0 radical (unpaired) electrons. The summed E-state index contributed by atoms with van der Waals surface area (Å²) in [5.41, 5.74) is 0. The lowest BCUT2D eigenvalue weighted by Crippen LogP contribution is -2.55. The summed E-state index contributed by atoms with van der Waals surface area (Å²) in [6, 6.07) is -0.0685. The summed E-state index contributed by atoms with van der Waals surface area (Å²) in [5, 5.41) is 9.23. The highest BCUT2D eigenvalue weighted by molar-refractivity contribution is 5.73. The summed E-state index contributed by atoms with van der Waals surface area (Å²) in [6.07, 6.45) is 6.46. The first-order chi connectivity index (χ1) is 8.20. The van der Waals surface area contributed by atoms with Crippen molar-refractivity contribution < 1.29 is 14.6 Å². The number of morpholine rings is 1. The Bertz CT molecular complexity index is 263. The van der Waals surface area contributed by atoms with E-state index in [9.17, 15) is 9.90 Å². The molecule has 0 aromatic heterocycles. The van der Waals surface area contributed by atoms with E-state index in [1.807, 2.05) is 0 Å². The normalized spacial score (nSPS) is 30.1. The number of hydrogen-bond acceptors (Lipinski definition) is 3. The second-order valence-corrected chi connectivity index (χ2v) is 5.31. The van der Waals surface area contributed by atoms with Gasteiger partial charge in [-0.05, 0) is 25.7 Å². The van der Waals surface area contributed by atoms with E-state index in [1.165, 1.54) is 32.1 Å². The SMILES string of the molecule is CC(C1CCCCC1)N1CCOCC1C(=O)O. The molecule has 0 aromatic rings. The largest absolute Gasteiger partial charge is 0.480 e. The number of carboxylic acid groups (broad SMARTS) is 1. The van der Waals surface area contributed by atoms with Gasteiger partial charge in [-0.3, -0.25) is 9.69 Å². The maximum atomic E-state index is 11.2. The molecule has 0 amide bonds. The molecule has 1 aliphatic heterocycles. The van der Waals surface area contributed by atoms with Gasteiger partial charge in [-0.2, -0.15) is 0 Å². The van der Waals surface area contributed by atoms with Crippen LogP contribution in [0.5, 0.6) is 0 Å². The number of nitrogens with zero attached hydrogens (tertiary/aromatic N) is 1. The Balaban J connectivity index is 1.99. The molecule has 2 rings (SSSR count). The van der Waals surface area contributed by atoms with Crippen LogP contribution in [0.1, 0.15) is 39.0 Å². The van der Waals surface area contributed by atoms with Crippen LogP contribution in [0.25, 0.3) is 0 Å². The predicted molar refractivity (Wildman–Crippen MR) is 65.0 cm³/mol. The van der Waals surface area contributed by atoms with Crippen LogP contribution >= 0.6 is 0 Å². The Morgan fingerprint density at radius 3 is 2.71 bits per heavy atom. The maximum absolute atomic E-state index is 11.2. The Morgan fingerprint density at radius 1 is 1.35 bits per heavy atom. The Morgan fingerprint density at radius 2 is 2.06 bits per heavy atom. The topological polar surface area (TPSA) is 49.8 Å². The molecular formula is C13H23NO3. The molecule has 2 unspecified atom stereocenters. The summed E-state index contributed by atoms with van der Waals surface area (Å²) in [7, 11) is 0. The quantitative estimate of drug-likeness (QED) is 0.817. The fourth-order valence-corrected chi connectivity index (χ4v) is 3.20. The molecule has 0 spiro atoms. The van der Waals surface area contributed by atoms with Crippen LogP contribution in [0.15, 0.2) is 0 Å². The van der Waals surface area contributed by atoms with E-state index < -0.39 is 12.0 Å². The highest BCUT2D eigenvalue weighted by atomic mass is 16.5. The Kier molecular flexibility index (Phi) is 4.40. The van der Waals surface area contributed by atoms with Crippen molar-refractivity contribution in [3.05, 3.63) is 0 Å². The molecule has 1 N–H and O–H groups in total. The van der Waals surface area contributed by atoms with Crippen molar-refractivity contribution in [2.24, 2.45) is 5.92 Å². The van der Waals surface area contributed by atoms with E-state index in [1.54, 1.807) is 0 Å². The van der Waals surface area contributed by atoms with Crippen molar-refractivity contribution in [2.75, 3.05) is 19.8 Å². The van der Waals surface area contributed by atoms with Gasteiger partial charge in [0.1, 0.15) is 6.04 Å². The molecule has 98 valence electrons. The Labute approximate surface area is 103 Å². The van der Waals surface area contributed by atoms with Crippen LogP contribution in [0, 0.1) is 5.92 Å². The van der Waals surface area contributed by atoms with E-state index in [4.69, 9.17) is 4.74 Å². The summed E-state index contributed by atoms with van der Waals surface area (Å²) >= 11 is 0. The van der Waals surface area contributed by atoms with Crippen LogP contribution in [0.2, 0.25) is 0 Å². The van der Waals surface area contributed by atoms with E-state index in [0.717, 1.165) is 6.54 Å². The number of rotatable bonds is 3. The molecule has 2 atom stereocenters. The van der Waals surface area contributed by atoms with Crippen LogP contribution in [-0.4, -0.2) is 47.8 Å². The molecule has 1 saturated heterocycles. The van der Waals surface area contributed by atoms with Crippen molar-refractivity contribution in [1.29, 1.82) is 0 Å². The minimum absolute atomic E-state index is 0.340. The number of carboxylic acids is 1. The van der Waals surface area contributed by atoms with E-state index in [2.05, 4.69) is 11.8 Å². The van der Waals surface area contributed by atoms with Crippen molar-refractivity contribution in [3.8, 4) is 0 Å². The first-order valence-corrected chi connectivity index (χ1v) is 6.76. The fourth-order valence-electron chi connectivity index (χ4n) is 3.20. The van der Waals surface area contributed by atoms with Gasteiger partial charge in [0.15, 0.2) is 0 Å². The minimum Gasteiger partial charge on any atom is -0.480 e. The van der Waals surface area contributed by atoms with Crippen LogP contribution < -0.4 is 0 Å². The van der Waals surface area contributed by atoms with Crippen molar-refractivity contribution in [1.82, 2.24) is 4.90 Å². The van der Waals surface area contributed by atoms with Gasteiger partial charge < -0.3 is 9.84 Å². The molecule has 0 bridgehead atoms. The van der Waals surface area contributed by atoms with Gasteiger partial charge in [0.25, 0.3) is 0 Å². The molecular weight excluding hydrogens is 218 g/mol. The van der Waals surface area contributed by atoms with Gasteiger partial charge in [-0.1, -0.05) is 19.3 Å². The van der Waals surface area contributed by atoms with E-state index in [-0.39, 0.29) is 0 Å². The van der Waals surface area contributed by atoms with Gasteiger partial charge in [0, 0.05) is 12.6 Å². The third kappa shape index (κ3) is 2.99. The van der Waals surface area contributed by atoms with Gasteiger partial charge in [0.05, 0.1) is 13.2 Å². The third-order valence-electron chi connectivity index (χ3n) is 4.31. The van der Waals surface area contributed by atoms with Crippen LogP contribution in [0.3, 0.4) is 0 Å². The third-order valence-corrected chi connectivity index (χ3v) is 4.31. The van der Waals surface area contributed by atoms with Crippen LogP contribution in [0.4, 0.5) is 0 Å². The van der Waals surface area contributed by atoms with Crippen molar-refractivity contribution >= 4 is 5.97 Å². The summed E-state index contributed by atoms with van der Waals surface area (Å²) in [4.78, 5) is 13.4. The number of ether oxygens (including phenoxy) is 1. The number of hydrogen-bond donors (Lipinski definition) is 1. The number of aliphatic carboxylic acids is 1. The molecule has 2 fully saturated rings. The maximum Gasteiger partial charge on any atom is 0.323 e. The molecule has 4 heteroatoms. The molecule has 2 aliphatic rings. The summed E-state index contributed by atoms with van der Waals surface area (Å²) in [5.74, 6) is -0.0731. The standard InChI is InChI=1S/C13H23NO3/c1-10(11-5-3-2-4-6-11)14-7-8-17-9-12(14)13(15)16/h10-12H,2-9H2,1H3,(H,15,16). The first-order valence-electron chi connectivity index (χ1n) is 6.76. The van der Waals surface area contributed by atoms with E-state index in [0.29, 0.717) is 25.2 Å². The minimum atomic E-state index is -0.743. The average molecular weight is 241 g/mol. The first kappa shape index (κ1) is 12.8. The lowest BCUT2D eigenvalue weighted by Gasteiger charge is -2.41. The second kappa shape index (κ2) is 5.83. The molecule has 17 heavy (non-hydrogen) atoms. The zero-order chi connectivity index (χ0) is 12.3. The Hall–Kier alpha value is -0.610. The smallest absolute Gasteiger partial charge is 0.323 e. The van der Waals surface area contributed by atoms with Gasteiger partial charge in [-0.15, -0.1) is 0 Å². The average Bonchev–Trinajstić information content (AvgIpc) is 2.39. The summed E-state index contributed by atoms with van der Waals surface area (Å²) in [6.45, 7) is 3.96. The highest BCUT2D eigenvalue weighted by Crippen LogP contribution is 2.30. The molecule has 1 heterocycles. The zero-order valence-corrected chi connectivity index (χ0v) is 10.6. The predicted octanol–water partition coefficient (Wildman–Crippen LogP) is 1.74. The fraction of sp³-hybridized carbons (Fsp3) is 0.923. The zero-order valence-electron chi connectivity index (χ0n) is 10.6. The molecule has 1 aliphatic carbocycles. The second-order valence-electron chi connectivity index (χ2n) is 5.31. The van der Waals surface area contributed by atoms with Crippen molar-refractivity contribution in [3.63, 3.8) is 0 Å². The van der Waals surface area contributed by atoms with Crippen molar-refractivity contribution in [2.45, 2.75) is 51.1 Å². The molecule has 4 nitrogen and oxygen atoms in total. The lowest BCUT2D eigenvalue weighted by atomic mass is 9.83. The molecule has 1 saturated carbocycles. The summed E-state index contributed by atoms with van der Waals surface area (Å²) < 4.78 is 5.29. The lowest BCUT2D eigenvalue weighted by molar-refractivity contribution is -0.152. The van der Waals surface area contributed by atoms with Gasteiger partial charge in [0.2, 0.25) is 0 Å². The van der Waals surface area contributed by atoms with Gasteiger partial charge in [-0.25, -0.2) is 0 Å². The molecule has 0 aromatic carbocycles. The highest BCUT2D eigenvalue weighted by Gasteiger charge is 2.35. The number of carbonyl (C=O) groups is 1. The van der Waals surface area contributed by atoms with E-state index >= 15 is 0 Å². The van der Waals surface area contributed by atoms with Gasteiger partial charge >= 0.3 is 5.97 Å². The monoisotopic (exact) mass is 241 g/mol. The van der Waals surface area contributed by atoms with Crippen LogP contribution in [-0.2, 0) is 9.53 Å².